The Hall–Kier alpha value is -2.51. The zero-order valence-corrected chi connectivity index (χ0v) is 15.7. The van der Waals surface area contributed by atoms with Crippen LogP contribution >= 0.6 is 11.6 Å². The Kier molecular flexibility index (Phi) is 4.13. The zero-order chi connectivity index (χ0) is 18.4. The molecule has 0 radical (unpaired) electrons. The summed E-state index contributed by atoms with van der Waals surface area (Å²) in [6, 6.07) is 6.87. The topological polar surface area (TPSA) is 67.6 Å². The molecule has 0 saturated heterocycles. The Morgan fingerprint density at radius 3 is 2.77 bits per heavy atom. The summed E-state index contributed by atoms with van der Waals surface area (Å²) in [5.74, 6) is 0.804. The van der Waals surface area contributed by atoms with Crippen LogP contribution in [0.1, 0.15) is 43.4 Å². The van der Waals surface area contributed by atoms with Crippen LogP contribution in [-0.4, -0.2) is 9.55 Å². The van der Waals surface area contributed by atoms with Crippen molar-refractivity contribution in [2.24, 2.45) is 5.92 Å². The Bertz CT molecular complexity index is 1040. The van der Waals surface area contributed by atoms with Crippen molar-refractivity contribution in [1.29, 1.82) is 5.26 Å². The van der Waals surface area contributed by atoms with Crippen molar-refractivity contribution in [3.8, 4) is 17.2 Å². The molecule has 1 saturated carbocycles. The van der Waals surface area contributed by atoms with Crippen molar-refractivity contribution in [2.75, 3.05) is 5.73 Å². The molecule has 1 aliphatic carbocycles. The van der Waals surface area contributed by atoms with E-state index in [4.69, 9.17) is 17.3 Å². The summed E-state index contributed by atoms with van der Waals surface area (Å²) in [4.78, 5) is 4.22. The predicted octanol–water partition coefficient (Wildman–Crippen LogP) is 5.48. The number of fused-ring (bicyclic) bond motifs is 1. The summed E-state index contributed by atoms with van der Waals surface area (Å²) in [7, 11) is 0. The van der Waals surface area contributed by atoms with Crippen LogP contribution in [0.3, 0.4) is 0 Å². The van der Waals surface area contributed by atoms with Crippen LogP contribution in [0.2, 0.25) is 5.02 Å². The number of aryl methyl sites for hydroxylation is 1. The summed E-state index contributed by atoms with van der Waals surface area (Å²) >= 11 is 6.48. The Balaban J connectivity index is 1.95. The third-order valence-corrected chi connectivity index (χ3v) is 6.10. The van der Waals surface area contributed by atoms with Gasteiger partial charge in [-0.2, -0.15) is 5.26 Å². The first kappa shape index (κ1) is 16.9. The molecule has 4 rings (SSSR count). The van der Waals surface area contributed by atoms with Crippen molar-refractivity contribution in [3.05, 3.63) is 46.9 Å². The van der Waals surface area contributed by atoms with Gasteiger partial charge < -0.3 is 10.3 Å². The molecule has 2 N–H and O–H groups in total. The highest BCUT2D eigenvalue weighted by Crippen LogP contribution is 2.45. The zero-order valence-electron chi connectivity index (χ0n) is 15.0. The van der Waals surface area contributed by atoms with Crippen LogP contribution in [0.4, 0.5) is 5.69 Å². The molecule has 1 fully saturated rings. The molecule has 0 amide bonds. The summed E-state index contributed by atoms with van der Waals surface area (Å²) in [5.41, 5.74) is 11.1. The fourth-order valence-corrected chi connectivity index (χ4v) is 4.15. The average molecular weight is 365 g/mol. The van der Waals surface area contributed by atoms with Crippen LogP contribution in [0.15, 0.2) is 30.7 Å². The molecule has 0 bridgehead atoms. The molecule has 5 heteroatoms. The SMILES string of the molecule is CC[C@H]1C[C@H](n2cc(-c3cncc(N)c3Cl)c3cc(C#N)c(C)cc32)C1. The first-order valence-electron chi connectivity index (χ1n) is 8.98. The molecule has 4 nitrogen and oxygen atoms in total. The van der Waals surface area contributed by atoms with E-state index in [1.807, 2.05) is 13.0 Å². The minimum Gasteiger partial charge on any atom is -0.396 e. The van der Waals surface area contributed by atoms with Crippen molar-refractivity contribution < 1.29 is 0 Å². The predicted molar refractivity (Wildman–Crippen MR) is 106 cm³/mol. The lowest BCUT2D eigenvalue weighted by Gasteiger charge is -2.36. The third kappa shape index (κ3) is 2.55. The summed E-state index contributed by atoms with van der Waals surface area (Å²) in [6.07, 6.45) is 9.09. The number of nitriles is 1. The molecular formula is C21H21ClN4. The highest BCUT2D eigenvalue weighted by Gasteiger charge is 2.30. The number of benzene rings is 1. The number of nitrogens with zero attached hydrogens (tertiary/aromatic N) is 3. The fourth-order valence-electron chi connectivity index (χ4n) is 3.95. The van der Waals surface area contributed by atoms with Gasteiger partial charge in [0.15, 0.2) is 0 Å². The van der Waals surface area contributed by atoms with Gasteiger partial charge in [-0.1, -0.05) is 24.9 Å². The third-order valence-electron chi connectivity index (χ3n) is 5.68. The number of hydrogen-bond donors (Lipinski definition) is 1. The van der Waals surface area contributed by atoms with Gasteiger partial charge >= 0.3 is 0 Å². The molecule has 3 aromatic rings. The number of nitrogens with two attached hydrogens (primary N) is 1. The van der Waals surface area contributed by atoms with Crippen LogP contribution in [0.5, 0.6) is 0 Å². The first-order chi connectivity index (χ1) is 12.5. The van der Waals surface area contributed by atoms with Gasteiger partial charge in [0.2, 0.25) is 0 Å². The van der Waals surface area contributed by atoms with Crippen molar-refractivity contribution in [2.45, 2.75) is 39.2 Å². The van der Waals surface area contributed by atoms with E-state index in [1.54, 1.807) is 12.4 Å². The summed E-state index contributed by atoms with van der Waals surface area (Å²) < 4.78 is 2.35. The van der Waals surface area contributed by atoms with E-state index >= 15 is 0 Å². The smallest absolute Gasteiger partial charge is 0.0994 e. The monoisotopic (exact) mass is 364 g/mol. The first-order valence-corrected chi connectivity index (χ1v) is 9.35. The fraction of sp³-hybridized carbons (Fsp3) is 0.333. The van der Waals surface area contributed by atoms with Gasteiger partial charge in [-0.15, -0.1) is 0 Å². The second-order valence-electron chi connectivity index (χ2n) is 7.24. The number of rotatable bonds is 3. The maximum Gasteiger partial charge on any atom is 0.0994 e. The lowest BCUT2D eigenvalue weighted by Crippen LogP contribution is -2.25. The molecule has 0 atom stereocenters. The summed E-state index contributed by atoms with van der Waals surface area (Å²) in [5, 5.41) is 11.0. The summed E-state index contributed by atoms with van der Waals surface area (Å²) in [6.45, 7) is 4.24. The maximum atomic E-state index is 9.46. The van der Waals surface area contributed by atoms with Gasteiger partial charge in [0.25, 0.3) is 0 Å². The average Bonchev–Trinajstić information content (AvgIpc) is 2.94. The molecule has 1 aromatic carbocycles. The van der Waals surface area contributed by atoms with Crippen molar-refractivity contribution in [1.82, 2.24) is 9.55 Å². The Labute approximate surface area is 158 Å². The van der Waals surface area contributed by atoms with Gasteiger partial charge in [0, 0.05) is 40.5 Å². The van der Waals surface area contributed by atoms with E-state index in [0.717, 1.165) is 33.5 Å². The molecule has 0 aliphatic heterocycles. The second kappa shape index (κ2) is 6.34. The van der Waals surface area contributed by atoms with Crippen molar-refractivity contribution in [3.63, 3.8) is 0 Å². The van der Waals surface area contributed by atoms with Gasteiger partial charge in [0.05, 0.1) is 28.5 Å². The number of halogens is 1. The molecule has 0 spiro atoms. The van der Waals surface area contributed by atoms with E-state index < -0.39 is 0 Å². The molecular weight excluding hydrogens is 344 g/mol. The molecule has 2 heterocycles. The molecule has 132 valence electrons. The number of pyridine rings is 1. The van der Waals surface area contributed by atoms with Crippen LogP contribution in [-0.2, 0) is 0 Å². The van der Waals surface area contributed by atoms with Crippen molar-refractivity contribution >= 4 is 28.2 Å². The second-order valence-corrected chi connectivity index (χ2v) is 7.61. The van der Waals surface area contributed by atoms with E-state index in [1.165, 1.54) is 19.3 Å². The number of aromatic nitrogens is 2. The number of hydrogen-bond acceptors (Lipinski definition) is 3. The van der Waals surface area contributed by atoms with Gasteiger partial charge in [-0.05, 0) is 43.4 Å². The lowest BCUT2D eigenvalue weighted by molar-refractivity contribution is 0.197. The normalized spacial score (nSPS) is 19.3. The standard InChI is InChI=1S/C21H21ClN4/c1-3-13-5-15(6-13)26-11-18(17-9-25-10-19(24)21(17)22)16-7-14(8-23)12(2)4-20(16)26/h4,7,9-11,13,15H,3,5-6,24H2,1-2H3/t13-,15-. The minimum atomic E-state index is 0.465. The Morgan fingerprint density at radius 1 is 1.31 bits per heavy atom. The van der Waals surface area contributed by atoms with Gasteiger partial charge in [-0.3, -0.25) is 4.98 Å². The highest BCUT2D eigenvalue weighted by atomic mass is 35.5. The van der Waals surface area contributed by atoms with E-state index in [9.17, 15) is 5.26 Å². The quantitative estimate of drug-likeness (QED) is 0.669. The molecule has 0 unspecified atom stereocenters. The number of nitrogen functional groups attached to an aromatic ring is 1. The van der Waals surface area contributed by atoms with Crippen LogP contribution < -0.4 is 5.73 Å². The lowest BCUT2D eigenvalue weighted by atomic mass is 9.78. The van der Waals surface area contributed by atoms with Crippen LogP contribution in [0.25, 0.3) is 22.0 Å². The number of anilines is 1. The van der Waals surface area contributed by atoms with Gasteiger partial charge in [0.1, 0.15) is 0 Å². The van der Waals surface area contributed by atoms with Gasteiger partial charge in [-0.25, -0.2) is 0 Å². The Morgan fingerprint density at radius 2 is 2.08 bits per heavy atom. The molecule has 1 aliphatic rings. The largest absolute Gasteiger partial charge is 0.396 e. The van der Waals surface area contributed by atoms with E-state index in [2.05, 4.69) is 34.8 Å². The maximum absolute atomic E-state index is 9.46. The molecule has 2 aromatic heterocycles. The van der Waals surface area contributed by atoms with E-state index in [-0.39, 0.29) is 0 Å². The molecule has 26 heavy (non-hydrogen) atoms. The highest BCUT2D eigenvalue weighted by molar-refractivity contribution is 6.36. The minimum absolute atomic E-state index is 0.465. The van der Waals surface area contributed by atoms with Crippen LogP contribution in [0, 0.1) is 24.2 Å². The van der Waals surface area contributed by atoms with E-state index in [0.29, 0.717) is 22.3 Å².